The van der Waals surface area contributed by atoms with Crippen molar-refractivity contribution in [3.63, 3.8) is 0 Å². The van der Waals surface area contributed by atoms with Crippen molar-refractivity contribution >= 4 is 61.7 Å². The third-order valence-corrected chi connectivity index (χ3v) is 5.93. The first kappa shape index (κ1) is 20.4. The minimum absolute atomic E-state index is 0.0796. The number of anilines is 3. The van der Waals surface area contributed by atoms with Crippen molar-refractivity contribution in [3.8, 4) is 0 Å². The number of aryl methyl sites for hydroxylation is 1. The molecular formula is C23H19BrN4OS. The van der Waals surface area contributed by atoms with Crippen molar-refractivity contribution in [1.29, 1.82) is 0 Å². The van der Waals surface area contributed by atoms with E-state index < -0.39 is 0 Å². The summed E-state index contributed by atoms with van der Waals surface area (Å²) in [6.07, 6.45) is 1.77. The van der Waals surface area contributed by atoms with E-state index in [0.717, 1.165) is 48.1 Å². The van der Waals surface area contributed by atoms with Gasteiger partial charge in [-0.3, -0.25) is 4.79 Å². The highest BCUT2D eigenvalue weighted by molar-refractivity contribution is 9.10. The molecule has 0 aliphatic heterocycles. The highest BCUT2D eigenvalue weighted by Gasteiger charge is 2.10. The van der Waals surface area contributed by atoms with Gasteiger partial charge in [-0.05, 0) is 67.6 Å². The van der Waals surface area contributed by atoms with Crippen molar-refractivity contribution in [2.24, 2.45) is 0 Å². The highest BCUT2D eigenvalue weighted by atomic mass is 79.9. The number of pyridine rings is 2. The Morgan fingerprint density at radius 2 is 1.80 bits per heavy atom. The molecule has 30 heavy (non-hydrogen) atoms. The lowest BCUT2D eigenvalue weighted by molar-refractivity contribution is -0.114. The lowest BCUT2D eigenvalue weighted by Crippen LogP contribution is -2.05. The van der Waals surface area contributed by atoms with E-state index in [4.69, 9.17) is 0 Å². The largest absolute Gasteiger partial charge is 0.354 e. The van der Waals surface area contributed by atoms with Gasteiger partial charge in [0.05, 0.1) is 11.4 Å². The van der Waals surface area contributed by atoms with Crippen LogP contribution < -0.4 is 10.6 Å². The number of hydrogen-bond donors (Lipinski definition) is 2. The van der Waals surface area contributed by atoms with Gasteiger partial charge in [0.2, 0.25) is 5.91 Å². The molecule has 2 N–H and O–H groups in total. The summed E-state index contributed by atoms with van der Waals surface area (Å²) in [5.41, 5.74) is 4.38. The van der Waals surface area contributed by atoms with Crippen LogP contribution in [0.5, 0.6) is 0 Å². The standard InChI is InChI=1S/C23H19BrN4OS/c1-14-3-9-19-20(11-12-25-23(19)26-14)28-21-13-16(24)4-10-22(21)30-18-7-5-17(6-8-18)27-15(2)29/h3-13H,1-2H3,(H,27,29)(H,25,26,28). The number of fused-ring (bicyclic) bond motifs is 1. The van der Waals surface area contributed by atoms with E-state index in [9.17, 15) is 4.79 Å². The molecule has 0 bridgehead atoms. The van der Waals surface area contributed by atoms with Gasteiger partial charge in [-0.2, -0.15) is 0 Å². The molecular weight excluding hydrogens is 460 g/mol. The average molecular weight is 479 g/mol. The quantitative estimate of drug-likeness (QED) is 0.340. The summed E-state index contributed by atoms with van der Waals surface area (Å²) in [5, 5.41) is 7.31. The van der Waals surface area contributed by atoms with E-state index in [-0.39, 0.29) is 5.91 Å². The Bertz CT molecular complexity index is 1230. The summed E-state index contributed by atoms with van der Waals surface area (Å²) in [6, 6.07) is 19.9. The van der Waals surface area contributed by atoms with Crippen molar-refractivity contribution in [1.82, 2.24) is 9.97 Å². The molecule has 0 radical (unpaired) electrons. The number of rotatable bonds is 5. The van der Waals surface area contributed by atoms with Gasteiger partial charge in [0.25, 0.3) is 0 Å². The molecule has 2 aromatic heterocycles. The Morgan fingerprint density at radius 1 is 1.00 bits per heavy atom. The van der Waals surface area contributed by atoms with Gasteiger partial charge in [0, 0.05) is 44.2 Å². The van der Waals surface area contributed by atoms with E-state index in [0.29, 0.717) is 0 Å². The van der Waals surface area contributed by atoms with Crippen molar-refractivity contribution in [2.45, 2.75) is 23.6 Å². The summed E-state index contributed by atoms with van der Waals surface area (Å²) < 4.78 is 0.989. The Hall–Kier alpha value is -2.90. The molecule has 2 aromatic carbocycles. The molecule has 0 atom stereocenters. The van der Waals surface area contributed by atoms with Gasteiger partial charge in [-0.1, -0.05) is 27.7 Å². The Kier molecular flexibility index (Phi) is 6.01. The van der Waals surface area contributed by atoms with E-state index in [1.807, 2.05) is 55.5 Å². The van der Waals surface area contributed by atoms with Crippen LogP contribution in [0.3, 0.4) is 0 Å². The third-order valence-electron chi connectivity index (χ3n) is 4.36. The van der Waals surface area contributed by atoms with Gasteiger partial charge in [-0.25, -0.2) is 9.97 Å². The maximum Gasteiger partial charge on any atom is 0.221 e. The second kappa shape index (κ2) is 8.85. The number of amides is 1. The summed E-state index contributed by atoms with van der Waals surface area (Å²) in [5.74, 6) is -0.0796. The second-order valence-electron chi connectivity index (χ2n) is 6.76. The number of carbonyl (C=O) groups is 1. The molecule has 0 aliphatic carbocycles. The molecule has 0 unspecified atom stereocenters. The van der Waals surface area contributed by atoms with Gasteiger partial charge in [0.1, 0.15) is 0 Å². The van der Waals surface area contributed by atoms with Crippen LogP contribution in [0.1, 0.15) is 12.6 Å². The number of carbonyl (C=O) groups excluding carboxylic acids is 1. The lowest BCUT2D eigenvalue weighted by Gasteiger charge is -2.14. The number of nitrogens with one attached hydrogen (secondary N) is 2. The number of hydrogen-bond acceptors (Lipinski definition) is 5. The molecule has 0 fully saturated rings. The first-order chi connectivity index (χ1) is 14.5. The van der Waals surface area contributed by atoms with Crippen LogP contribution in [0.4, 0.5) is 17.1 Å². The average Bonchev–Trinajstić information content (AvgIpc) is 2.71. The minimum Gasteiger partial charge on any atom is -0.354 e. The van der Waals surface area contributed by atoms with Crippen LogP contribution in [-0.2, 0) is 4.79 Å². The van der Waals surface area contributed by atoms with Crippen LogP contribution in [0.2, 0.25) is 0 Å². The molecule has 0 spiro atoms. The first-order valence-electron chi connectivity index (χ1n) is 9.32. The lowest BCUT2D eigenvalue weighted by atomic mass is 10.2. The molecule has 0 aliphatic rings. The van der Waals surface area contributed by atoms with Crippen LogP contribution in [-0.4, -0.2) is 15.9 Å². The topological polar surface area (TPSA) is 66.9 Å². The van der Waals surface area contributed by atoms with Gasteiger partial charge < -0.3 is 10.6 Å². The molecule has 2 heterocycles. The van der Waals surface area contributed by atoms with Crippen LogP contribution in [0.25, 0.3) is 11.0 Å². The number of nitrogens with zero attached hydrogens (tertiary/aromatic N) is 2. The molecule has 1 amide bonds. The van der Waals surface area contributed by atoms with Crippen molar-refractivity contribution in [3.05, 3.63) is 77.0 Å². The maximum atomic E-state index is 11.2. The third kappa shape index (κ3) is 4.80. The molecule has 4 rings (SSSR count). The van der Waals surface area contributed by atoms with E-state index in [1.165, 1.54) is 6.92 Å². The van der Waals surface area contributed by atoms with Crippen LogP contribution in [0, 0.1) is 6.92 Å². The zero-order valence-corrected chi connectivity index (χ0v) is 18.8. The molecule has 0 saturated carbocycles. The SMILES string of the molecule is CC(=O)Nc1ccc(Sc2ccc(Br)cc2Nc2ccnc3nc(C)ccc23)cc1. The van der Waals surface area contributed by atoms with Gasteiger partial charge >= 0.3 is 0 Å². The summed E-state index contributed by atoms with van der Waals surface area (Å²) in [4.78, 5) is 22.3. The summed E-state index contributed by atoms with van der Waals surface area (Å²) in [6.45, 7) is 3.46. The smallest absolute Gasteiger partial charge is 0.221 e. The van der Waals surface area contributed by atoms with Crippen molar-refractivity contribution < 1.29 is 4.79 Å². The van der Waals surface area contributed by atoms with E-state index in [2.05, 4.69) is 48.7 Å². The van der Waals surface area contributed by atoms with Crippen LogP contribution >= 0.6 is 27.7 Å². The monoisotopic (exact) mass is 478 g/mol. The Labute approximate surface area is 187 Å². The first-order valence-corrected chi connectivity index (χ1v) is 10.9. The maximum absolute atomic E-state index is 11.2. The zero-order chi connectivity index (χ0) is 21.1. The highest BCUT2D eigenvalue weighted by Crippen LogP contribution is 2.38. The fourth-order valence-corrected chi connectivity index (χ4v) is 4.25. The number of halogens is 1. The Balaban J connectivity index is 1.64. The van der Waals surface area contributed by atoms with Crippen molar-refractivity contribution in [2.75, 3.05) is 10.6 Å². The summed E-state index contributed by atoms with van der Waals surface area (Å²) >= 11 is 5.22. The molecule has 0 saturated heterocycles. The molecule has 4 aromatic rings. The van der Waals surface area contributed by atoms with Crippen LogP contribution in [0.15, 0.2) is 81.1 Å². The van der Waals surface area contributed by atoms with E-state index >= 15 is 0 Å². The minimum atomic E-state index is -0.0796. The molecule has 7 heteroatoms. The summed E-state index contributed by atoms with van der Waals surface area (Å²) in [7, 11) is 0. The molecule has 150 valence electrons. The van der Waals surface area contributed by atoms with E-state index in [1.54, 1.807) is 18.0 Å². The fourth-order valence-electron chi connectivity index (χ4n) is 3.00. The number of benzene rings is 2. The van der Waals surface area contributed by atoms with Gasteiger partial charge in [0.15, 0.2) is 5.65 Å². The van der Waals surface area contributed by atoms with Gasteiger partial charge in [-0.15, -0.1) is 0 Å². The Morgan fingerprint density at radius 3 is 2.57 bits per heavy atom. The normalized spacial score (nSPS) is 10.8. The number of aromatic nitrogens is 2. The molecule has 5 nitrogen and oxygen atoms in total. The zero-order valence-electron chi connectivity index (χ0n) is 16.4. The second-order valence-corrected chi connectivity index (χ2v) is 8.79. The predicted molar refractivity (Wildman–Crippen MR) is 127 cm³/mol. The fraction of sp³-hybridized carbons (Fsp3) is 0.0870. The predicted octanol–water partition coefficient (Wildman–Crippen LogP) is 6.55.